The third kappa shape index (κ3) is 39.6. The quantitative estimate of drug-likeness (QED) is 0.0436. The van der Waals surface area contributed by atoms with Gasteiger partial charge >= 0.3 is 0 Å². The number of allylic oxidation sites excluding steroid dienone is 5. The molecule has 1 amide bonds. The summed E-state index contributed by atoms with van der Waals surface area (Å²) in [4.78, 5) is 12.3. The maximum Gasteiger partial charge on any atom is 0.220 e. The van der Waals surface area contributed by atoms with E-state index in [0.717, 1.165) is 44.9 Å². The second-order valence-corrected chi connectivity index (χ2v) is 15.5. The standard InChI is InChI=1S/C47H89NO3/c1-3-5-7-9-11-13-15-16-17-18-19-20-21-22-23-24-25-26-27-28-29-30-31-32-33-34-36-38-40-42-46(50)45(44-49)48-47(51)43-41-39-37-35-14-12-10-8-6-4-2/h8,10,33-34,40,42,45-46,49-50H,3-7,9,11-32,35-39,41,43-44H2,1-2H3,(H,48,51)/b10-8-,34-33+,42-40+. The predicted octanol–water partition coefficient (Wildman–Crippen LogP) is 14.2. The van der Waals surface area contributed by atoms with Gasteiger partial charge in [-0.05, 0) is 51.4 Å². The van der Waals surface area contributed by atoms with Crippen LogP contribution in [0.2, 0.25) is 0 Å². The number of carbonyl (C=O) groups is 1. The van der Waals surface area contributed by atoms with E-state index in [1.54, 1.807) is 6.08 Å². The van der Waals surface area contributed by atoms with Crippen molar-refractivity contribution in [1.29, 1.82) is 0 Å². The molecule has 51 heavy (non-hydrogen) atoms. The molecule has 0 radical (unpaired) electrons. The predicted molar refractivity (Wildman–Crippen MR) is 225 cm³/mol. The van der Waals surface area contributed by atoms with Crippen molar-refractivity contribution in [3.05, 3.63) is 36.5 Å². The number of rotatable bonds is 41. The zero-order valence-corrected chi connectivity index (χ0v) is 34.4. The molecule has 4 heteroatoms. The van der Waals surface area contributed by atoms with Crippen molar-refractivity contribution in [3.8, 4) is 0 Å². The molecule has 3 N–H and O–H groups in total. The number of unbranched alkanes of at least 4 members (excludes halogenated alkanes) is 30. The third-order valence-corrected chi connectivity index (χ3v) is 10.3. The van der Waals surface area contributed by atoms with Gasteiger partial charge in [-0.15, -0.1) is 0 Å². The lowest BCUT2D eigenvalue weighted by molar-refractivity contribution is -0.123. The van der Waals surface area contributed by atoms with Crippen LogP contribution in [-0.2, 0) is 4.79 Å². The number of aliphatic hydroxyl groups is 2. The maximum absolute atomic E-state index is 12.3. The van der Waals surface area contributed by atoms with E-state index in [9.17, 15) is 15.0 Å². The van der Waals surface area contributed by atoms with Crippen molar-refractivity contribution in [2.75, 3.05) is 6.61 Å². The number of hydrogen-bond donors (Lipinski definition) is 3. The summed E-state index contributed by atoms with van der Waals surface area (Å²) in [6.07, 6.45) is 57.1. The molecule has 0 spiro atoms. The monoisotopic (exact) mass is 716 g/mol. The molecule has 0 rings (SSSR count). The first kappa shape index (κ1) is 49.6. The molecule has 0 saturated heterocycles. The largest absolute Gasteiger partial charge is 0.394 e. The van der Waals surface area contributed by atoms with Crippen LogP contribution in [0.25, 0.3) is 0 Å². The van der Waals surface area contributed by atoms with Gasteiger partial charge in [-0.1, -0.05) is 217 Å². The Bertz CT molecular complexity index is 775. The lowest BCUT2D eigenvalue weighted by atomic mass is 10.0. The van der Waals surface area contributed by atoms with Crippen molar-refractivity contribution in [2.45, 2.75) is 251 Å². The van der Waals surface area contributed by atoms with Gasteiger partial charge in [0.25, 0.3) is 0 Å². The molecule has 0 aromatic heterocycles. The minimum Gasteiger partial charge on any atom is -0.394 e. The van der Waals surface area contributed by atoms with E-state index in [1.165, 1.54) is 173 Å². The summed E-state index contributed by atoms with van der Waals surface area (Å²) in [5.41, 5.74) is 0. The van der Waals surface area contributed by atoms with E-state index in [-0.39, 0.29) is 12.5 Å². The molecule has 2 unspecified atom stereocenters. The lowest BCUT2D eigenvalue weighted by Crippen LogP contribution is -2.45. The highest BCUT2D eigenvalue weighted by molar-refractivity contribution is 5.76. The maximum atomic E-state index is 12.3. The van der Waals surface area contributed by atoms with Crippen molar-refractivity contribution in [3.63, 3.8) is 0 Å². The Morgan fingerprint density at radius 3 is 1.22 bits per heavy atom. The first-order valence-electron chi connectivity index (χ1n) is 22.7. The Balaban J connectivity index is 3.50. The van der Waals surface area contributed by atoms with E-state index in [1.807, 2.05) is 6.08 Å². The van der Waals surface area contributed by atoms with Crippen LogP contribution >= 0.6 is 0 Å². The summed E-state index contributed by atoms with van der Waals surface area (Å²) < 4.78 is 0. The molecule has 0 aliphatic rings. The van der Waals surface area contributed by atoms with Crippen LogP contribution in [0.1, 0.15) is 239 Å². The molecular weight excluding hydrogens is 627 g/mol. The van der Waals surface area contributed by atoms with Crippen molar-refractivity contribution in [2.24, 2.45) is 0 Å². The highest BCUT2D eigenvalue weighted by Crippen LogP contribution is 2.16. The molecule has 0 fully saturated rings. The Morgan fingerprint density at radius 1 is 0.451 bits per heavy atom. The number of aliphatic hydroxyl groups excluding tert-OH is 2. The zero-order chi connectivity index (χ0) is 37.1. The molecule has 0 aliphatic heterocycles. The van der Waals surface area contributed by atoms with Gasteiger partial charge in [-0.25, -0.2) is 0 Å². The van der Waals surface area contributed by atoms with Gasteiger partial charge in [0.15, 0.2) is 0 Å². The zero-order valence-electron chi connectivity index (χ0n) is 34.4. The molecule has 0 aromatic rings. The van der Waals surface area contributed by atoms with Gasteiger partial charge < -0.3 is 15.5 Å². The SMILES string of the molecule is CCC/C=C\CCCCCCCC(=O)NC(CO)C(O)/C=C/CC/C=C/CCCCCCCCCCCCCCCCCCCCCCCCC. The summed E-state index contributed by atoms with van der Waals surface area (Å²) >= 11 is 0. The molecule has 0 aliphatic carbocycles. The summed E-state index contributed by atoms with van der Waals surface area (Å²) in [6.45, 7) is 4.24. The second-order valence-electron chi connectivity index (χ2n) is 15.5. The molecule has 2 atom stereocenters. The summed E-state index contributed by atoms with van der Waals surface area (Å²) in [5, 5.41) is 22.9. The molecule has 0 bridgehead atoms. The molecule has 0 saturated carbocycles. The number of carbonyl (C=O) groups excluding carboxylic acids is 1. The Kier molecular flexibility index (Phi) is 41.8. The fourth-order valence-corrected chi connectivity index (χ4v) is 6.84. The third-order valence-electron chi connectivity index (χ3n) is 10.3. The fourth-order valence-electron chi connectivity index (χ4n) is 6.84. The van der Waals surface area contributed by atoms with Crippen molar-refractivity contribution < 1.29 is 15.0 Å². The van der Waals surface area contributed by atoms with Gasteiger partial charge in [0.1, 0.15) is 0 Å². The highest BCUT2D eigenvalue weighted by Gasteiger charge is 2.17. The Labute approximate surface area is 319 Å². The van der Waals surface area contributed by atoms with E-state index in [0.29, 0.717) is 6.42 Å². The Morgan fingerprint density at radius 2 is 0.804 bits per heavy atom. The summed E-state index contributed by atoms with van der Waals surface area (Å²) in [7, 11) is 0. The van der Waals surface area contributed by atoms with Crippen LogP contribution in [-0.4, -0.2) is 34.9 Å². The van der Waals surface area contributed by atoms with Gasteiger partial charge in [0, 0.05) is 6.42 Å². The minimum absolute atomic E-state index is 0.0856. The van der Waals surface area contributed by atoms with Crippen LogP contribution in [0.5, 0.6) is 0 Å². The first-order valence-corrected chi connectivity index (χ1v) is 22.7. The molecule has 0 aromatic carbocycles. The van der Waals surface area contributed by atoms with E-state index in [2.05, 4.69) is 43.5 Å². The van der Waals surface area contributed by atoms with E-state index in [4.69, 9.17) is 0 Å². The molecular formula is C47H89NO3. The van der Waals surface area contributed by atoms with Crippen molar-refractivity contribution >= 4 is 5.91 Å². The van der Waals surface area contributed by atoms with Gasteiger partial charge in [0.05, 0.1) is 18.8 Å². The van der Waals surface area contributed by atoms with Crippen LogP contribution in [0.4, 0.5) is 0 Å². The van der Waals surface area contributed by atoms with Gasteiger partial charge in [0.2, 0.25) is 5.91 Å². The molecule has 0 heterocycles. The normalized spacial score (nSPS) is 13.3. The average molecular weight is 716 g/mol. The van der Waals surface area contributed by atoms with E-state index < -0.39 is 12.1 Å². The first-order chi connectivity index (χ1) is 25.2. The lowest BCUT2D eigenvalue weighted by Gasteiger charge is -2.19. The summed E-state index contributed by atoms with van der Waals surface area (Å²) in [5.74, 6) is -0.0856. The fraction of sp³-hybridized carbons (Fsp3) is 0.851. The average Bonchev–Trinajstić information content (AvgIpc) is 3.13. The van der Waals surface area contributed by atoms with Crippen LogP contribution in [0, 0.1) is 0 Å². The van der Waals surface area contributed by atoms with Gasteiger partial charge in [-0.3, -0.25) is 4.79 Å². The summed E-state index contributed by atoms with van der Waals surface area (Å²) in [6, 6.07) is -0.641. The van der Waals surface area contributed by atoms with E-state index >= 15 is 0 Å². The van der Waals surface area contributed by atoms with Crippen LogP contribution < -0.4 is 5.32 Å². The number of amides is 1. The second kappa shape index (κ2) is 43.0. The number of hydrogen-bond acceptors (Lipinski definition) is 3. The van der Waals surface area contributed by atoms with Crippen LogP contribution in [0.15, 0.2) is 36.5 Å². The van der Waals surface area contributed by atoms with Crippen molar-refractivity contribution in [1.82, 2.24) is 5.32 Å². The molecule has 4 nitrogen and oxygen atoms in total. The highest BCUT2D eigenvalue weighted by atomic mass is 16.3. The van der Waals surface area contributed by atoms with Crippen LogP contribution in [0.3, 0.4) is 0 Å². The topological polar surface area (TPSA) is 69.6 Å². The Hall–Kier alpha value is -1.39. The molecule has 300 valence electrons. The smallest absolute Gasteiger partial charge is 0.220 e. The minimum atomic E-state index is -0.863. The van der Waals surface area contributed by atoms with Gasteiger partial charge in [-0.2, -0.15) is 0 Å². The number of nitrogens with one attached hydrogen (secondary N) is 1.